The fraction of sp³-hybridized carbons (Fsp3) is 0.450. The first-order chi connectivity index (χ1) is 11.8. The van der Waals surface area contributed by atoms with Crippen molar-refractivity contribution in [2.75, 3.05) is 6.61 Å². The maximum atomic E-state index is 12.4. The lowest BCUT2D eigenvalue weighted by atomic mass is 9.98. The van der Waals surface area contributed by atoms with Crippen molar-refractivity contribution in [3.05, 3.63) is 56.2 Å². The highest BCUT2D eigenvalue weighted by atomic mass is 35.5. The van der Waals surface area contributed by atoms with Gasteiger partial charge in [0.1, 0.15) is 0 Å². The number of aliphatic hydroxyl groups is 1. The zero-order chi connectivity index (χ0) is 18.4. The number of rotatable bonds is 9. The highest BCUT2D eigenvalue weighted by Crippen LogP contribution is 2.30. The van der Waals surface area contributed by atoms with E-state index in [1.807, 2.05) is 6.92 Å². The summed E-state index contributed by atoms with van der Waals surface area (Å²) in [5.74, 6) is 0.142. The summed E-state index contributed by atoms with van der Waals surface area (Å²) in [6.07, 6.45) is 3.56. The number of carbonyl (C=O) groups excluding carboxylic acids is 1. The molecule has 26 heavy (non-hydrogen) atoms. The maximum absolute atomic E-state index is 12.4. The van der Waals surface area contributed by atoms with Crippen molar-refractivity contribution in [3.8, 4) is 0 Å². The minimum Gasteiger partial charge on any atom is -0.394 e. The van der Waals surface area contributed by atoms with Gasteiger partial charge in [0.05, 0.1) is 16.5 Å². The summed E-state index contributed by atoms with van der Waals surface area (Å²) in [4.78, 5) is 14.1. The van der Waals surface area contributed by atoms with Crippen molar-refractivity contribution < 1.29 is 9.90 Å². The number of carbonyl (C=O) groups is 1. The smallest absolute Gasteiger partial charge is 0.172 e. The molecule has 0 spiro atoms. The summed E-state index contributed by atoms with van der Waals surface area (Å²) in [5, 5.41) is 9.86. The molecule has 0 amide bonds. The van der Waals surface area contributed by atoms with Crippen LogP contribution in [0.3, 0.4) is 0 Å². The van der Waals surface area contributed by atoms with Gasteiger partial charge in [-0.05, 0) is 51.2 Å². The monoisotopic (exact) mass is 415 g/mol. The molecule has 1 heterocycles. The van der Waals surface area contributed by atoms with Gasteiger partial charge in [-0.3, -0.25) is 4.79 Å². The van der Waals surface area contributed by atoms with E-state index in [1.165, 1.54) is 22.5 Å². The second-order valence-corrected chi connectivity index (χ2v) is 8.50. The molecular weight excluding hydrogens is 389 g/mol. The normalized spacial score (nSPS) is 13.1. The summed E-state index contributed by atoms with van der Waals surface area (Å²) in [6.45, 7) is 3.81. The summed E-state index contributed by atoms with van der Waals surface area (Å²) >= 11 is 7.71. The van der Waals surface area contributed by atoms with Gasteiger partial charge in [0, 0.05) is 16.8 Å². The molecule has 2 rings (SSSR count). The van der Waals surface area contributed by atoms with Crippen LogP contribution < -0.4 is 5.73 Å². The van der Waals surface area contributed by atoms with Crippen LogP contribution in [0.5, 0.6) is 0 Å². The van der Waals surface area contributed by atoms with E-state index in [0.29, 0.717) is 29.2 Å². The van der Waals surface area contributed by atoms with Gasteiger partial charge in [-0.15, -0.1) is 23.7 Å². The lowest BCUT2D eigenvalue weighted by Crippen LogP contribution is -2.40. The van der Waals surface area contributed by atoms with Gasteiger partial charge < -0.3 is 10.8 Å². The van der Waals surface area contributed by atoms with Crippen molar-refractivity contribution in [1.29, 1.82) is 0 Å². The number of ketones is 1. The Morgan fingerprint density at radius 2 is 1.92 bits per heavy atom. The number of aryl methyl sites for hydroxylation is 3. The fourth-order valence-corrected chi connectivity index (χ4v) is 3.93. The Balaban J connectivity index is 0.00000338. The van der Waals surface area contributed by atoms with Crippen molar-refractivity contribution in [2.24, 2.45) is 5.73 Å². The summed E-state index contributed by atoms with van der Waals surface area (Å²) in [6, 6.07) is 10.2. The molecule has 0 saturated carbocycles. The van der Waals surface area contributed by atoms with Crippen LogP contribution in [0.15, 0.2) is 30.3 Å². The van der Waals surface area contributed by atoms with E-state index in [2.05, 4.69) is 31.2 Å². The van der Waals surface area contributed by atoms with Gasteiger partial charge in [-0.2, -0.15) is 0 Å². The summed E-state index contributed by atoms with van der Waals surface area (Å²) in [7, 11) is 0. The Labute approximate surface area is 171 Å². The Morgan fingerprint density at radius 3 is 2.54 bits per heavy atom. The number of nitrogens with two attached hydrogens (primary N) is 1. The van der Waals surface area contributed by atoms with Crippen LogP contribution in [0.25, 0.3) is 0 Å². The number of thiophene rings is 1. The molecule has 6 heteroatoms. The Kier molecular flexibility index (Phi) is 9.28. The Bertz CT molecular complexity index is 711. The number of halogens is 2. The summed E-state index contributed by atoms with van der Waals surface area (Å²) in [5.41, 5.74) is 7.84. The molecule has 0 aliphatic rings. The zero-order valence-electron chi connectivity index (χ0n) is 15.3. The first-order valence-corrected chi connectivity index (χ1v) is 9.77. The number of benzene rings is 1. The number of Topliss-reactive ketones (excluding diaryl/α,β-unsaturated/α-hetero) is 1. The average Bonchev–Trinajstić information content (AvgIpc) is 2.96. The van der Waals surface area contributed by atoms with E-state index in [1.54, 1.807) is 6.07 Å². The molecule has 0 radical (unpaired) electrons. The lowest BCUT2D eigenvalue weighted by Gasteiger charge is -2.20. The topological polar surface area (TPSA) is 63.3 Å². The molecule has 0 saturated heterocycles. The molecule has 2 aromatic rings. The van der Waals surface area contributed by atoms with E-state index in [9.17, 15) is 9.90 Å². The fourth-order valence-electron chi connectivity index (χ4n) is 2.52. The third kappa shape index (κ3) is 7.01. The highest BCUT2D eigenvalue weighted by molar-refractivity contribution is 7.14. The third-order valence-corrected chi connectivity index (χ3v) is 5.99. The SMILES string of the molecule is Cc1ccc(CCCC(=O)c2cc(Cl)c(CC[C@@](C)(N)CO)s2)cc1.Cl. The largest absolute Gasteiger partial charge is 0.394 e. The van der Waals surface area contributed by atoms with E-state index in [4.69, 9.17) is 17.3 Å². The molecule has 3 N–H and O–H groups in total. The van der Waals surface area contributed by atoms with E-state index >= 15 is 0 Å². The van der Waals surface area contributed by atoms with Crippen LogP contribution in [0.4, 0.5) is 0 Å². The Morgan fingerprint density at radius 1 is 1.27 bits per heavy atom. The molecule has 144 valence electrons. The molecular formula is C20H27Cl2NO2S. The first-order valence-electron chi connectivity index (χ1n) is 8.57. The molecule has 1 aromatic heterocycles. The van der Waals surface area contributed by atoms with Crippen molar-refractivity contribution in [1.82, 2.24) is 0 Å². The summed E-state index contributed by atoms with van der Waals surface area (Å²) < 4.78 is 0. The van der Waals surface area contributed by atoms with Gasteiger partial charge in [-0.1, -0.05) is 41.4 Å². The third-order valence-electron chi connectivity index (χ3n) is 4.31. The van der Waals surface area contributed by atoms with Crippen LogP contribution in [0, 0.1) is 6.92 Å². The van der Waals surface area contributed by atoms with Gasteiger partial charge >= 0.3 is 0 Å². The van der Waals surface area contributed by atoms with Crippen molar-refractivity contribution >= 4 is 41.1 Å². The predicted molar refractivity (Wildman–Crippen MR) is 113 cm³/mol. The lowest BCUT2D eigenvalue weighted by molar-refractivity contribution is 0.0984. The quantitative estimate of drug-likeness (QED) is 0.567. The minimum absolute atomic E-state index is 0. The molecule has 0 fully saturated rings. The molecule has 1 aromatic carbocycles. The number of hydrogen-bond donors (Lipinski definition) is 2. The van der Waals surface area contributed by atoms with E-state index in [0.717, 1.165) is 17.7 Å². The molecule has 3 nitrogen and oxygen atoms in total. The Hall–Kier alpha value is -0.910. The minimum atomic E-state index is -0.620. The van der Waals surface area contributed by atoms with Crippen LogP contribution >= 0.6 is 35.3 Å². The average molecular weight is 416 g/mol. The van der Waals surface area contributed by atoms with E-state index in [-0.39, 0.29) is 24.8 Å². The maximum Gasteiger partial charge on any atom is 0.172 e. The van der Waals surface area contributed by atoms with Crippen molar-refractivity contribution in [3.63, 3.8) is 0 Å². The van der Waals surface area contributed by atoms with Gasteiger partial charge in [0.2, 0.25) is 0 Å². The first kappa shape index (κ1) is 23.1. The standard InChI is InChI=1S/C20H26ClNO2S.ClH/c1-14-6-8-15(9-7-14)4-3-5-17(24)19-12-16(21)18(25-19)10-11-20(2,22)13-23;/h6-9,12,23H,3-5,10-11,13,22H2,1-2H3;1H/t20-;/m1./s1. The van der Waals surface area contributed by atoms with Crippen LogP contribution in [-0.2, 0) is 12.8 Å². The zero-order valence-corrected chi connectivity index (χ0v) is 17.6. The second kappa shape index (κ2) is 10.4. The van der Waals surface area contributed by atoms with Crippen LogP contribution in [0.1, 0.15) is 51.9 Å². The van der Waals surface area contributed by atoms with Crippen molar-refractivity contribution in [2.45, 2.75) is 51.5 Å². The van der Waals surface area contributed by atoms with E-state index < -0.39 is 5.54 Å². The predicted octanol–water partition coefficient (Wildman–Crippen LogP) is 4.98. The molecule has 1 atom stereocenters. The molecule has 0 unspecified atom stereocenters. The highest BCUT2D eigenvalue weighted by Gasteiger charge is 2.19. The molecule has 0 aliphatic heterocycles. The number of hydrogen-bond acceptors (Lipinski definition) is 4. The molecule has 0 bridgehead atoms. The van der Waals surface area contributed by atoms with Gasteiger partial charge in [0.25, 0.3) is 0 Å². The molecule has 0 aliphatic carbocycles. The van der Waals surface area contributed by atoms with Crippen LogP contribution in [0.2, 0.25) is 5.02 Å². The van der Waals surface area contributed by atoms with Crippen LogP contribution in [-0.4, -0.2) is 23.0 Å². The number of aliphatic hydroxyl groups excluding tert-OH is 1. The second-order valence-electron chi connectivity index (χ2n) is 6.96. The van der Waals surface area contributed by atoms with Gasteiger partial charge in [-0.25, -0.2) is 0 Å². The van der Waals surface area contributed by atoms with Gasteiger partial charge in [0.15, 0.2) is 5.78 Å².